The van der Waals surface area contributed by atoms with Crippen molar-refractivity contribution in [2.24, 2.45) is 0 Å². The maximum Gasteiger partial charge on any atom is 0.223 e. The molecule has 0 aromatic heterocycles. The van der Waals surface area contributed by atoms with Gasteiger partial charge in [0, 0.05) is 11.1 Å². The summed E-state index contributed by atoms with van der Waals surface area (Å²) in [5.41, 5.74) is 2.58. The largest absolute Gasteiger partial charge is 0.393 e. The van der Waals surface area contributed by atoms with Crippen LogP contribution < -0.4 is 0 Å². The van der Waals surface area contributed by atoms with Crippen LogP contribution in [0.3, 0.4) is 0 Å². The molecule has 1 aliphatic heterocycles. The summed E-state index contributed by atoms with van der Waals surface area (Å²) in [5.74, 6) is -0.990. The molecule has 3 unspecified atom stereocenters. The van der Waals surface area contributed by atoms with Crippen molar-refractivity contribution in [3.63, 3.8) is 0 Å². The summed E-state index contributed by atoms with van der Waals surface area (Å²) < 4.78 is 12.7. The summed E-state index contributed by atoms with van der Waals surface area (Å²) in [6.45, 7) is 2.23. The summed E-state index contributed by atoms with van der Waals surface area (Å²) in [6.07, 6.45) is 2.15. The normalized spacial score (nSPS) is 24.4. The fourth-order valence-electron chi connectivity index (χ4n) is 3.38. The molecule has 25 heavy (non-hydrogen) atoms. The van der Waals surface area contributed by atoms with Gasteiger partial charge in [-0.3, -0.25) is 0 Å². The zero-order valence-corrected chi connectivity index (χ0v) is 14.6. The van der Waals surface area contributed by atoms with Gasteiger partial charge in [-0.05, 0) is 31.7 Å². The standard InChI is InChI=1S/C21H26O4/c1-16(23)8-7-12-19-15-24-21(25-19,18-10-3-2-4-11-18)20-13-6-5-9-17(20)14-22/h2-6,9-11,13,16,19,22-23H,7-8,12,14-15H2,1H3. The topological polar surface area (TPSA) is 58.9 Å². The first-order valence-electron chi connectivity index (χ1n) is 8.90. The van der Waals surface area contributed by atoms with Crippen LogP contribution in [0, 0.1) is 0 Å². The predicted molar refractivity (Wildman–Crippen MR) is 95.9 cm³/mol. The van der Waals surface area contributed by atoms with Crippen molar-refractivity contribution in [2.45, 2.75) is 50.8 Å². The lowest BCUT2D eigenvalue weighted by molar-refractivity contribution is -0.144. The van der Waals surface area contributed by atoms with E-state index in [0.717, 1.165) is 36.0 Å². The third-order valence-corrected chi connectivity index (χ3v) is 4.65. The fourth-order valence-corrected chi connectivity index (χ4v) is 3.38. The Hall–Kier alpha value is -1.72. The van der Waals surface area contributed by atoms with E-state index in [1.165, 1.54) is 0 Å². The van der Waals surface area contributed by atoms with Crippen LogP contribution in [0.15, 0.2) is 54.6 Å². The lowest BCUT2D eigenvalue weighted by Gasteiger charge is -2.31. The summed E-state index contributed by atoms with van der Waals surface area (Å²) in [5, 5.41) is 19.2. The number of aliphatic hydroxyl groups excluding tert-OH is 2. The molecule has 4 heteroatoms. The molecule has 2 N–H and O–H groups in total. The van der Waals surface area contributed by atoms with E-state index in [1.807, 2.05) is 54.6 Å². The molecule has 3 rings (SSSR count). The highest BCUT2D eigenvalue weighted by atomic mass is 16.7. The molecule has 4 nitrogen and oxygen atoms in total. The van der Waals surface area contributed by atoms with Gasteiger partial charge in [0.25, 0.3) is 0 Å². The molecule has 0 bridgehead atoms. The average molecular weight is 342 g/mol. The molecule has 3 atom stereocenters. The third kappa shape index (κ3) is 3.93. The number of hydrogen-bond donors (Lipinski definition) is 2. The molecule has 0 aliphatic carbocycles. The minimum Gasteiger partial charge on any atom is -0.393 e. The van der Waals surface area contributed by atoms with Crippen LogP contribution in [-0.4, -0.2) is 29.0 Å². The van der Waals surface area contributed by atoms with E-state index in [1.54, 1.807) is 6.92 Å². The number of benzene rings is 2. The van der Waals surface area contributed by atoms with Gasteiger partial charge in [-0.2, -0.15) is 0 Å². The molecule has 0 spiro atoms. The van der Waals surface area contributed by atoms with Gasteiger partial charge in [-0.25, -0.2) is 0 Å². The Morgan fingerprint density at radius 1 is 1.12 bits per heavy atom. The summed E-state index contributed by atoms with van der Waals surface area (Å²) in [7, 11) is 0. The number of rotatable bonds is 7. The molecule has 1 fully saturated rings. The first kappa shape index (κ1) is 18.1. The van der Waals surface area contributed by atoms with Crippen molar-refractivity contribution in [1.82, 2.24) is 0 Å². The maximum atomic E-state index is 9.77. The minimum atomic E-state index is -0.990. The molecular weight excluding hydrogens is 316 g/mol. The second-order valence-corrected chi connectivity index (χ2v) is 6.63. The fraction of sp³-hybridized carbons (Fsp3) is 0.429. The van der Waals surface area contributed by atoms with Crippen LogP contribution in [-0.2, 0) is 21.9 Å². The molecule has 2 aromatic rings. The van der Waals surface area contributed by atoms with Gasteiger partial charge in [0.15, 0.2) is 0 Å². The Bertz CT molecular complexity index is 671. The van der Waals surface area contributed by atoms with E-state index in [2.05, 4.69) is 0 Å². The van der Waals surface area contributed by atoms with Crippen molar-refractivity contribution in [1.29, 1.82) is 0 Å². The second kappa shape index (κ2) is 8.11. The highest BCUT2D eigenvalue weighted by Gasteiger charge is 2.45. The first-order valence-corrected chi connectivity index (χ1v) is 8.90. The van der Waals surface area contributed by atoms with E-state index in [4.69, 9.17) is 9.47 Å². The summed E-state index contributed by atoms with van der Waals surface area (Å²) in [6, 6.07) is 17.6. The number of aliphatic hydroxyl groups is 2. The number of hydrogen-bond acceptors (Lipinski definition) is 4. The second-order valence-electron chi connectivity index (χ2n) is 6.63. The minimum absolute atomic E-state index is 0.0364. The highest BCUT2D eigenvalue weighted by Crippen LogP contribution is 2.42. The first-order chi connectivity index (χ1) is 12.2. The Morgan fingerprint density at radius 2 is 1.84 bits per heavy atom. The van der Waals surface area contributed by atoms with Gasteiger partial charge in [0.2, 0.25) is 5.79 Å². The van der Waals surface area contributed by atoms with E-state index in [0.29, 0.717) is 6.61 Å². The van der Waals surface area contributed by atoms with Crippen LogP contribution in [0.1, 0.15) is 42.9 Å². The molecular formula is C21H26O4. The van der Waals surface area contributed by atoms with Crippen molar-refractivity contribution in [3.8, 4) is 0 Å². The molecule has 2 aromatic carbocycles. The summed E-state index contributed by atoms with van der Waals surface area (Å²) in [4.78, 5) is 0. The zero-order valence-electron chi connectivity index (χ0n) is 14.6. The van der Waals surface area contributed by atoms with E-state index >= 15 is 0 Å². The maximum absolute atomic E-state index is 9.77. The van der Waals surface area contributed by atoms with Crippen LogP contribution in [0.2, 0.25) is 0 Å². The molecule has 0 amide bonds. The molecule has 1 heterocycles. The Morgan fingerprint density at radius 3 is 2.56 bits per heavy atom. The Kier molecular flexibility index (Phi) is 5.86. The molecule has 134 valence electrons. The van der Waals surface area contributed by atoms with Gasteiger partial charge in [-0.1, -0.05) is 54.6 Å². The van der Waals surface area contributed by atoms with Gasteiger partial charge in [0.1, 0.15) is 0 Å². The SMILES string of the molecule is CC(O)CCCC1COC(c2ccccc2)(c2ccccc2CO)O1. The lowest BCUT2D eigenvalue weighted by Crippen LogP contribution is -2.31. The van der Waals surface area contributed by atoms with Crippen molar-refractivity contribution >= 4 is 0 Å². The Balaban J connectivity index is 1.90. The van der Waals surface area contributed by atoms with Crippen LogP contribution >= 0.6 is 0 Å². The van der Waals surface area contributed by atoms with E-state index in [-0.39, 0.29) is 18.8 Å². The predicted octanol–water partition coefficient (Wildman–Crippen LogP) is 3.35. The average Bonchev–Trinajstić information content (AvgIpc) is 3.07. The monoisotopic (exact) mass is 342 g/mol. The smallest absolute Gasteiger partial charge is 0.223 e. The summed E-state index contributed by atoms with van der Waals surface area (Å²) >= 11 is 0. The molecule has 0 saturated carbocycles. The van der Waals surface area contributed by atoms with Crippen molar-refractivity contribution < 1.29 is 19.7 Å². The van der Waals surface area contributed by atoms with Gasteiger partial charge in [0.05, 0.1) is 25.4 Å². The number of ether oxygens (including phenoxy) is 2. The third-order valence-electron chi connectivity index (χ3n) is 4.65. The molecule has 0 radical (unpaired) electrons. The van der Waals surface area contributed by atoms with Crippen molar-refractivity contribution in [3.05, 3.63) is 71.3 Å². The van der Waals surface area contributed by atoms with Crippen LogP contribution in [0.4, 0.5) is 0 Å². The van der Waals surface area contributed by atoms with E-state index in [9.17, 15) is 10.2 Å². The van der Waals surface area contributed by atoms with Crippen molar-refractivity contribution in [2.75, 3.05) is 6.61 Å². The van der Waals surface area contributed by atoms with Gasteiger partial charge in [-0.15, -0.1) is 0 Å². The lowest BCUT2D eigenvalue weighted by atomic mass is 9.93. The van der Waals surface area contributed by atoms with E-state index < -0.39 is 5.79 Å². The molecule has 1 saturated heterocycles. The van der Waals surface area contributed by atoms with Crippen LogP contribution in [0.5, 0.6) is 0 Å². The zero-order chi connectivity index (χ0) is 17.7. The van der Waals surface area contributed by atoms with Gasteiger partial charge < -0.3 is 19.7 Å². The highest BCUT2D eigenvalue weighted by molar-refractivity contribution is 5.39. The molecule has 1 aliphatic rings. The Labute approximate surface area is 149 Å². The quantitative estimate of drug-likeness (QED) is 0.810. The van der Waals surface area contributed by atoms with Crippen LogP contribution in [0.25, 0.3) is 0 Å². The van der Waals surface area contributed by atoms with Gasteiger partial charge >= 0.3 is 0 Å².